The largest absolute Gasteiger partial charge is 0.497 e. The molecule has 160 valence electrons. The average molecular weight is 413 g/mol. The quantitative estimate of drug-likeness (QED) is 0.698. The lowest BCUT2D eigenvalue weighted by atomic mass is 10.0. The zero-order chi connectivity index (χ0) is 21.9. The van der Waals surface area contributed by atoms with Crippen LogP contribution in [0.5, 0.6) is 5.75 Å². The number of carbonyl (C=O) groups is 2. The zero-order valence-corrected chi connectivity index (χ0v) is 17.8. The summed E-state index contributed by atoms with van der Waals surface area (Å²) >= 11 is 0. The second-order valence-electron chi connectivity index (χ2n) is 7.95. The van der Waals surface area contributed by atoms with Gasteiger partial charge in [-0.1, -0.05) is 42.5 Å². The van der Waals surface area contributed by atoms with Crippen LogP contribution in [0.1, 0.15) is 44.2 Å². The predicted octanol–water partition coefficient (Wildman–Crippen LogP) is 4.24. The first-order chi connectivity index (χ1) is 14.2. The predicted molar refractivity (Wildman–Crippen MR) is 110 cm³/mol. The molecule has 0 bridgehead atoms. The number of esters is 1. The maximum Gasteiger partial charge on any atom is 0.413 e. The number of hydrogen-bond acceptors (Lipinski definition) is 6. The molecule has 1 aliphatic rings. The van der Waals surface area contributed by atoms with Crippen molar-refractivity contribution in [3.63, 3.8) is 0 Å². The van der Waals surface area contributed by atoms with Gasteiger partial charge in [-0.25, -0.2) is 9.59 Å². The number of ether oxygens (including phenoxy) is 4. The summed E-state index contributed by atoms with van der Waals surface area (Å²) in [5.74, 6) is 0.109. The molecule has 0 saturated carbocycles. The van der Waals surface area contributed by atoms with Crippen molar-refractivity contribution in [2.45, 2.75) is 44.7 Å². The molecule has 1 heterocycles. The molecule has 0 N–H and O–H groups in total. The number of rotatable bonds is 4. The Morgan fingerprint density at radius 1 is 0.933 bits per heavy atom. The van der Waals surface area contributed by atoms with Gasteiger partial charge in [0.2, 0.25) is 0 Å². The summed E-state index contributed by atoms with van der Waals surface area (Å²) in [6.07, 6.45) is -2.42. The molecule has 1 fully saturated rings. The lowest BCUT2D eigenvalue weighted by Crippen LogP contribution is -2.40. The molecule has 30 heavy (non-hydrogen) atoms. The number of hydrogen-bond donors (Lipinski definition) is 0. The summed E-state index contributed by atoms with van der Waals surface area (Å²) in [4.78, 5) is 27.3. The van der Waals surface area contributed by atoms with Crippen LogP contribution in [0, 0.1) is 0 Å². The van der Waals surface area contributed by atoms with Crippen LogP contribution in [0.2, 0.25) is 0 Å². The third-order valence-electron chi connectivity index (χ3n) is 4.69. The van der Waals surface area contributed by atoms with E-state index in [0.717, 1.165) is 5.56 Å². The SMILES string of the molecule is COC(=O)[C@@H]1O[C@@H](c2ccc(OC)cc2)N(C(=O)OC(C)(C)C)[C@H]1c1ccccc1. The summed E-state index contributed by atoms with van der Waals surface area (Å²) in [5.41, 5.74) is 0.718. The number of benzene rings is 2. The Morgan fingerprint density at radius 2 is 1.57 bits per heavy atom. The minimum atomic E-state index is -1.00. The minimum Gasteiger partial charge on any atom is -0.497 e. The molecule has 2 aromatic rings. The van der Waals surface area contributed by atoms with E-state index in [0.29, 0.717) is 11.3 Å². The van der Waals surface area contributed by atoms with E-state index in [1.807, 2.05) is 30.3 Å². The molecule has 0 spiro atoms. The highest BCUT2D eigenvalue weighted by Crippen LogP contribution is 2.44. The first-order valence-corrected chi connectivity index (χ1v) is 9.68. The lowest BCUT2D eigenvalue weighted by molar-refractivity contribution is -0.154. The van der Waals surface area contributed by atoms with Gasteiger partial charge in [0.15, 0.2) is 12.3 Å². The van der Waals surface area contributed by atoms with Gasteiger partial charge < -0.3 is 18.9 Å². The molecular weight excluding hydrogens is 386 g/mol. The van der Waals surface area contributed by atoms with Gasteiger partial charge in [0.1, 0.15) is 17.4 Å². The summed E-state index contributed by atoms with van der Waals surface area (Å²) in [6, 6.07) is 15.7. The molecule has 0 aromatic heterocycles. The fourth-order valence-corrected chi connectivity index (χ4v) is 3.39. The lowest BCUT2D eigenvalue weighted by Gasteiger charge is -2.31. The molecule has 7 nitrogen and oxygen atoms in total. The van der Waals surface area contributed by atoms with E-state index in [1.54, 1.807) is 52.1 Å². The maximum atomic E-state index is 13.3. The van der Waals surface area contributed by atoms with Crippen molar-refractivity contribution in [1.82, 2.24) is 4.90 Å². The normalized spacial score (nSPS) is 21.2. The van der Waals surface area contributed by atoms with Gasteiger partial charge in [-0.2, -0.15) is 0 Å². The second-order valence-corrected chi connectivity index (χ2v) is 7.95. The summed E-state index contributed by atoms with van der Waals surface area (Å²) in [7, 11) is 2.87. The van der Waals surface area contributed by atoms with E-state index in [1.165, 1.54) is 12.0 Å². The van der Waals surface area contributed by atoms with Gasteiger partial charge in [-0.3, -0.25) is 4.90 Å². The van der Waals surface area contributed by atoms with E-state index in [9.17, 15) is 9.59 Å². The van der Waals surface area contributed by atoms with Gasteiger partial charge in [-0.15, -0.1) is 0 Å². The standard InChI is InChI=1S/C23H27NO6/c1-23(2,3)30-22(26)24-18(15-9-7-6-8-10-15)19(21(25)28-5)29-20(24)16-11-13-17(27-4)14-12-16/h6-14,18-20H,1-5H3/t18-,19+,20-/m0/s1. The third-order valence-corrected chi connectivity index (χ3v) is 4.69. The van der Waals surface area contributed by atoms with E-state index >= 15 is 0 Å². The van der Waals surface area contributed by atoms with Gasteiger partial charge in [-0.05, 0) is 38.5 Å². The molecular formula is C23H27NO6. The van der Waals surface area contributed by atoms with Crippen molar-refractivity contribution in [2.75, 3.05) is 14.2 Å². The van der Waals surface area contributed by atoms with Crippen LogP contribution in [0.4, 0.5) is 4.79 Å². The molecule has 3 atom stereocenters. The number of methoxy groups -OCH3 is 2. The Hall–Kier alpha value is -3.06. The van der Waals surface area contributed by atoms with Gasteiger partial charge in [0.05, 0.1) is 14.2 Å². The topological polar surface area (TPSA) is 74.3 Å². The Labute approximate surface area is 176 Å². The molecule has 1 aliphatic heterocycles. The number of amides is 1. The number of carbonyl (C=O) groups excluding carboxylic acids is 2. The van der Waals surface area contributed by atoms with Crippen LogP contribution in [0.15, 0.2) is 54.6 Å². The van der Waals surface area contributed by atoms with Crippen molar-refractivity contribution in [2.24, 2.45) is 0 Å². The van der Waals surface area contributed by atoms with Crippen LogP contribution >= 0.6 is 0 Å². The highest BCUT2D eigenvalue weighted by molar-refractivity contribution is 5.79. The van der Waals surface area contributed by atoms with Crippen molar-refractivity contribution in [1.29, 1.82) is 0 Å². The fourth-order valence-electron chi connectivity index (χ4n) is 3.39. The highest BCUT2D eigenvalue weighted by Gasteiger charge is 2.51. The molecule has 7 heteroatoms. The molecule has 3 rings (SSSR count). The van der Waals surface area contributed by atoms with E-state index in [-0.39, 0.29) is 0 Å². The monoisotopic (exact) mass is 413 g/mol. The van der Waals surface area contributed by atoms with E-state index in [2.05, 4.69) is 0 Å². The van der Waals surface area contributed by atoms with Crippen LogP contribution in [0.25, 0.3) is 0 Å². The molecule has 0 aliphatic carbocycles. The van der Waals surface area contributed by atoms with E-state index < -0.39 is 36.0 Å². The van der Waals surface area contributed by atoms with Gasteiger partial charge in [0, 0.05) is 5.56 Å². The Bertz CT molecular complexity index is 875. The van der Waals surface area contributed by atoms with Crippen LogP contribution < -0.4 is 4.74 Å². The van der Waals surface area contributed by atoms with Crippen LogP contribution in [-0.2, 0) is 19.0 Å². The molecule has 2 aromatic carbocycles. The number of nitrogens with zero attached hydrogens (tertiary/aromatic N) is 1. The van der Waals surface area contributed by atoms with Crippen molar-refractivity contribution < 1.29 is 28.5 Å². The summed E-state index contributed by atoms with van der Waals surface area (Å²) in [5, 5.41) is 0. The third kappa shape index (κ3) is 4.57. The average Bonchev–Trinajstić information content (AvgIpc) is 3.13. The van der Waals surface area contributed by atoms with E-state index in [4.69, 9.17) is 18.9 Å². The zero-order valence-electron chi connectivity index (χ0n) is 17.8. The minimum absolute atomic E-state index is 0.562. The first kappa shape index (κ1) is 21.6. The van der Waals surface area contributed by atoms with Gasteiger partial charge >= 0.3 is 12.1 Å². The fraction of sp³-hybridized carbons (Fsp3) is 0.391. The highest BCUT2D eigenvalue weighted by atomic mass is 16.6. The molecule has 0 unspecified atom stereocenters. The van der Waals surface area contributed by atoms with Crippen molar-refractivity contribution >= 4 is 12.1 Å². The summed E-state index contributed by atoms with van der Waals surface area (Å²) < 4.78 is 22.0. The molecule has 1 amide bonds. The second kappa shape index (κ2) is 8.75. The van der Waals surface area contributed by atoms with Crippen LogP contribution in [-0.4, -0.2) is 42.9 Å². The van der Waals surface area contributed by atoms with Crippen LogP contribution in [0.3, 0.4) is 0 Å². The Balaban J connectivity index is 2.09. The smallest absolute Gasteiger partial charge is 0.413 e. The maximum absolute atomic E-state index is 13.3. The summed E-state index contributed by atoms with van der Waals surface area (Å²) in [6.45, 7) is 5.37. The first-order valence-electron chi connectivity index (χ1n) is 9.68. The van der Waals surface area contributed by atoms with Gasteiger partial charge in [0.25, 0.3) is 0 Å². The Morgan fingerprint density at radius 3 is 2.10 bits per heavy atom. The Kier molecular flexibility index (Phi) is 6.31. The molecule has 0 radical (unpaired) electrons. The van der Waals surface area contributed by atoms with Crippen molar-refractivity contribution in [3.05, 3.63) is 65.7 Å². The van der Waals surface area contributed by atoms with Crippen molar-refractivity contribution in [3.8, 4) is 5.75 Å². The molecule has 1 saturated heterocycles.